The Hall–Kier alpha value is -3.45. The Bertz CT molecular complexity index is 1080. The molecule has 0 spiro atoms. The molecule has 1 aromatic carbocycles. The van der Waals surface area contributed by atoms with Crippen LogP contribution in [0, 0.1) is 0 Å². The number of anilines is 1. The Balaban J connectivity index is 1.56. The van der Waals surface area contributed by atoms with Gasteiger partial charge in [0.1, 0.15) is 5.69 Å². The largest absolute Gasteiger partial charge is 0.304 e. The van der Waals surface area contributed by atoms with Crippen molar-refractivity contribution in [3.05, 3.63) is 71.8 Å². The summed E-state index contributed by atoms with van der Waals surface area (Å²) in [5, 5.41) is 10.7. The van der Waals surface area contributed by atoms with E-state index < -0.39 is 6.04 Å². The number of nitrogens with zero attached hydrogens (tertiary/aromatic N) is 4. The third-order valence-electron chi connectivity index (χ3n) is 5.32. The van der Waals surface area contributed by atoms with Gasteiger partial charge in [0.15, 0.2) is 0 Å². The standard InChI is InChI=1S/C23H23N5O2/c1-3-16-5-4-6-18(9-16)19-10-20-22(25-13-19)23(30)15(2)28(20)21(29)14-24-11-17-7-8-26-27-12-17/h4-10,12-13,15,24H,3,11,14H2,1-2H3. The van der Waals surface area contributed by atoms with E-state index in [-0.39, 0.29) is 18.2 Å². The molecule has 152 valence electrons. The molecule has 1 atom stereocenters. The van der Waals surface area contributed by atoms with Crippen molar-refractivity contribution >= 4 is 17.4 Å². The fraction of sp³-hybridized carbons (Fsp3) is 0.261. The van der Waals surface area contributed by atoms with E-state index in [1.165, 1.54) is 5.56 Å². The minimum atomic E-state index is -0.568. The monoisotopic (exact) mass is 401 g/mol. The van der Waals surface area contributed by atoms with E-state index in [2.05, 4.69) is 39.6 Å². The summed E-state index contributed by atoms with van der Waals surface area (Å²) >= 11 is 0. The number of benzene rings is 1. The lowest BCUT2D eigenvalue weighted by molar-refractivity contribution is -0.118. The first-order valence-electron chi connectivity index (χ1n) is 10.0. The lowest BCUT2D eigenvalue weighted by Crippen LogP contribution is -2.42. The zero-order valence-electron chi connectivity index (χ0n) is 17.0. The average molecular weight is 401 g/mol. The van der Waals surface area contributed by atoms with Crippen molar-refractivity contribution in [2.75, 3.05) is 11.4 Å². The van der Waals surface area contributed by atoms with Gasteiger partial charge in [-0.05, 0) is 42.2 Å². The number of fused-ring (bicyclic) bond motifs is 1. The van der Waals surface area contributed by atoms with Crippen molar-refractivity contribution in [2.24, 2.45) is 0 Å². The molecule has 1 N–H and O–H groups in total. The Morgan fingerprint density at radius 2 is 1.97 bits per heavy atom. The van der Waals surface area contributed by atoms with E-state index >= 15 is 0 Å². The number of Topliss-reactive ketones (excluding diaryl/α,β-unsaturated/α-hetero) is 1. The van der Waals surface area contributed by atoms with Gasteiger partial charge in [-0.3, -0.25) is 19.5 Å². The van der Waals surface area contributed by atoms with Crippen molar-refractivity contribution in [1.29, 1.82) is 0 Å². The summed E-state index contributed by atoms with van der Waals surface area (Å²) in [7, 11) is 0. The van der Waals surface area contributed by atoms with Crippen molar-refractivity contribution in [2.45, 2.75) is 32.9 Å². The molecule has 1 amide bonds. The Morgan fingerprint density at radius 3 is 2.73 bits per heavy atom. The molecule has 1 aliphatic heterocycles. The van der Waals surface area contributed by atoms with Crippen LogP contribution in [0.4, 0.5) is 5.69 Å². The number of hydrogen-bond acceptors (Lipinski definition) is 6. The fourth-order valence-corrected chi connectivity index (χ4v) is 3.65. The molecule has 4 rings (SSSR count). The maximum Gasteiger partial charge on any atom is 0.241 e. The van der Waals surface area contributed by atoms with E-state index in [0.717, 1.165) is 23.1 Å². The minimum Gasteiger partial charge on any atom is -0.304 e. The van der Waals surface area contributed by atoms with Crippen LogP contribution in [-0.4, -0.2) is 39.5 Å². The van der Waals surface area contributed by atoms with E-state index in [9.17, 15) is 9.59 Å². The summed E-state index contributed by atoms with van der Waals surface area (Å²) in [4.78, 5) is 31.6. The van der Waals surface area contributed by atoms with Crippen molar-refractivity contribution in [3.8, 4) is 11.1 Å². The second-order valence-electron chi connectivity index (χ2n) is 7.30. The summed E-state index contributed by atoms with van der Waals surface area (Å²) in [5.74, 6) is -0.302. The first-order chi connectivity index (χ1) is 14.6. The van der Waals surface area contributed by atoms with Gasteiger partial charge in [-0.2, -0.15) is 10.2 Å². The Labute approximate surface area is 175 Å². The lowest BCUT2D eigenvalue weighted by atomic mass is 10.0. The SMILES string of the molecule is CCc1cccc(-c2cnc3c(c2)N(C(=O)CNCc2ccnnc2)C(C)C3=O)c1. The highest BCUT2D eigenvalue weighted by molar-refractivity contribution is 6.17. The minimum absolute atomic E-state index is 0.106. The van der Waals surface area contributed by atoms with E-state index in [4.69, 9.17) is 0 Å². The molecule has 0 fully saturated rings. The molecule has 3 aromatic rings. The summed E-state index contributed by atoms with van der Waals surface area (Å²) in [5.41, 5.74) is 4.99. The highest BCUT2D eigenvalue weighted by atomic mass is 16.2. The molecule has 30 heavy (non-hydrogen) atoms. The van der Waals surface area contributed by atoms with Crippen LogP contribution in [-0.2, 0) is 17.8 Å². The van der Waals surface area contributed by atoms with Gasteiger partial charge >= 0.3 is 0 Å². The summed E-state index contributed by atoms with van der Waals surface area (Å²) in [6, 6.07) is 11.4. The first kappa shape index (κ1) is 19.8. The van der Waals surface area contributed by atoms with Crippen molar-refractivity contribution in [1.82, 2.24) is 20.5 Å². The zero-order chi connectivity index (χ0) is 21.1. The molecule has 0 bridgehead atoms. The first-order valence-corrected chi connectivity index (χ1v) is 10.0. The third-order valence-corrected chi connectivity index (χ3v) is 5.32. The maximum atomic E-state index is 13.0. The smallest absolute Gasteiger partial charge is 0.241 e. The van der Waals surface area contributed by atoms with Crippen LogP contribution < -0.4 is 10.2 Å². The Kier molecular flexibility index (Phi) is 5.63. The highest BCUT2D eigenvalue weighted by Crippen LogP contribution is 2.34. The second-order valence-corrected chi connectivity index (χ2v) is 7.30. The normalized spacial score (nSPS) is 15.3. The van der Waals surface area contributed by atoms with Crippen molar-refractivity contribution in [3.63, 3.8) is 0 Å². The molecule has 1 aliphatic rings. The number of aromatic nitrogens is 3. The van der Waals surface area contributed by atoms with Gasteiger partial charge in [0, 0.05) is 24.5 Å². The lowest BCUT2D eigenvalue weighted by Gasteiger charge is -2.22. The number of nitrogens with one attached hydrogen (secondary N) is 1. The molecular formula is C23H23N5O2. The Morgan fingerprint density at radius 1 is 1.10 bits per heavy atom. The van der Waals surface area contributed by atoms with Crippen LogP contribution in [0.15, 0.2) is 55.0 Å². The quantitative estimate of drug-likeness (QED) is 0.683. The molecule has 0 saturated heterocycles. The van der Waals surface area contributed by atoms with Crippen molar-refractivity contribution < 1.29 is 9.59 Å². The maximum absolute atomic E-state index is 13.0. The predicted molar refractivity (Wildman–Crippen MR) is 114 cm³/mol. The molecule has 0 aliphatic carbocycles. The van der Waals surface area contributed by atoms with Crippen LogP contribution in [0.3, 0.4) is 0 Å². The number of carbonyl (C=O) groups is 2. The van der Waals surface area contributed by atoms with E-state index in [1.807, 2.05) is 24.3 Å². The number of pyridine rings is 1. The molecule has 7 nitrogen and oxygen atoms in total. The topological polar surface area (TPSA) is 88.1 Å². The number of rotatable bonds is 6. The number of ketones is 1. The van der Waals surface area contributed by atoms with Gasteiger partial charge in [0.2, 0.25) is 11.7 Å². The van der Waals surface area contributed by atoms with Gasteiger partial charge in [0.05, 0.1) is 24.5 Å². The van der Waals surface area contributed by atoms with Crippen LogP contribution in [0.5, 0.6) is 0 Å². The summed E-state index contributed by atoms with van der Waals surface area (Å²) in [6.45, 7) is 4.45. The molecule has 7 heteroatoms. The molecule has 3 heterocycles. The van der Waals surface area contributed by atoms with Gasteiger partial charge in [-0.15, -0.1) is 0 Å². The third kappa shape index (κ3) is 3.84. The molecule has 1 unspecified atom stereocenters. The van der Waals surface area contributed by atoms with Gasteiger partial charge in [-0.25, -0.2) is 0 Å². The van der Waals surface area contributed by atoms with E-state index in [1.54, 1.807) is 30.4 Å². The fourth-order valence-electron chi connectivity index (χ4n) is 3.65. The van der Waals surface area contributed by atoms with Crippen LogP contribution in [0.25, 0.3) is 11.1 Å². The molecule has 2 aromatic heterocycles. The van der Waals surface area contributed by atoms with Crippen LogP contribution in [0.2, 0.25) is 0 Å². The number of aryl methyl sites for hydroxylation is 1. The zero-order valence-corrected chi connectivity index (χ0v) is 17.0. The summed E-state index contributed by atoms with van der Waals surface area (Å²) in [6.07, 6.45) is 5.90. The van der Waals surface area contributed by atoms with E-state index in [0.29, 0.717) is 17.9 Å². The number of amides is 1. The van der Waals surface area contributed by atoms with Gasteiger partial charge < -0.3 is 5.32 Å². The highest BCUT2D eigenvalue weighted by Gasteiger charge is 2.39. The number of carbonyl (C=O) groups excluding carboxylic acids is 2. The van der Waals surface area contributed by atoms with Gasteiger partial charge in [0.25, 0.3) is 0 Å². The average Bonchev–Trinajstić information content (AvgIpc) is 3.04. The van der Waals surface area contributed by atoms with Crippen LogP contribution >= 0.6 is 0 Å². The summed E-state index contributed by atoms with van der Waals surface area (Å²) < 4.78 is 0. The van der Waals surface area contributed by atoms with Gasteiger partial charge in [-0.1, -0.05) is 31.2 Å². The second kappa shape index (κ2) is 8.51. The molecule has 0 radical (unpaired) electrons. The predicted octanol–water partition coefficient (Wildman–Crippen LogP) is 2.81. The van der Waals surface area contributed by atoms with Crippen LogP contribution in [0.1, 0.15) is 35.5 Å². The number of hydrogen-bond donors (Lipinski definition) is 1. The molecular weight excluding hydrogens is 378 g/mol. The molecule has 0 saturated carbocycles.